The van der Waals surface area contributed by atoms with Gasteiger partial charge in [-0.25, -0.2) is 0 Å². The molecule has 1 unspecified atom stereocenters. The molecule has 3 aromatic carbocycles. The average Bonchev–Trinajstić information content (AvgIpc) is 3.22. The Morgan fingerprint density at radius 3 is 2.47 bits per heavy atom. The number of likely N-dealkylation sites (tertiary alicyclic amines) is 1. The molecule has 0 spiro atoms. The maximum atomic E-state index is 13.6. The maximum Gasteiger partial charge on any atom is 0.263 e. The zero-order valence-corrected chi connectivity index (χ0v) is 22.4. The molecule has 5 heteroatoms. The standard InChI is InChI=1S/C33H39NO4/c1-2-9-31(38-29-13-7-6-12-28(29)27-10-4-3-5-11-27)33(35)34-20-18-25(19-21-34)14-15-26-16-17-30-32(24-26)37-23-8-22-36-30/h3-7,10-13,16-17,24-25,31H,2,8-9,14-15,18-23H2,1H3. The molecular weight excluding hydrogens is 474 g/mol. The van der Waals surface area contributed by atoms with Crippen LogP contribution >= 0.6 is 0 Å². The molecule has 5 nitrogen and oxygen atoms in total. The van der Waals surface area contributed by atoms with Gasteiger partial charge < -0.3 is 19.1 Å². The molecule has 1 atom stereocenters. The molecule has 5 rings (SSSR count). The summed E-state index contributed by atoms with van der Waals surface area (Å²) in [6.07, 6.45) is 6.30. The molecule has 38 heavy (non-hydrogen) atoms. The van der Waals surface area contributed by atoms with E-state index in [4.69, 9.17) is 14.2 Å². The molecule has 0 aliphatic carbocycles. The van der Waals surface area contributed by atoms with Crippen LogP contribution in [0.4, 0.5) is 0 Å². The van der Waals surface area contributed by atoms with Crippen molar-refractivity contribution in [3.05, 3.63) is 78.4 Å². The van der Waals surface area contributed by atoms with Crippen molar-refractivity contribution in [3.8, 4) is 28.4 Å². The number of ether oxygens (including phenoxy) is 3. The van der Waals surface area contributed by atoms with Crippen molar-refractivity contribution in [2.45, 2.75) is 58.0 Å². The Kier molecular flexibility index (Phi) is 8.85. The Morgan fingerprint density at radius 2 is 1.68 bits per heavy atom. The van der Waals surface area contributed by atoms with Gasteiger partial charge in [0.1, 0.15) is 5.75 Å². The van der Waals surface area contributed by atoms with Gasteiger partial charge in [-0.2, -0.15) is 0 Å². The first-order chi connectivity index (χ1) is 18.7. The second-order valence-electron chi connectivity index (χ2n) is 10.4. The van der Waals surface area contributed by atoms with Crippen LogP contribution in [0.25, 0.3) is 11.1 Å². The SMILES string of the molecule is CCCC(Oc1ccccc1-c1ccccc1)C(=O)N1CCC(CCc2ccc3c(c2)OCCCO3)CC1. The molecule has 0 bridgehead atoms. The number of hydrogen-bond donors (Lipinski definition) is 0. The summed E-state index contributed by atoms with van der Waals surface area (Å²) in [5.74, 6) is 3.25. The lowest BCUT2D eigenvalue weighted by molar-refractivity contribution is -0.140. The van der Waals surface area contributed by atoms with E-state index >= 15 is 0 Å². The van der Waals surface area contributed by atoms with Gasteiger partial charge in [0.15, 0.2) is 17.6 Å². The van der Waals surface area contributed by atoms with E-state index in [0.29, 0.717) is 25.6 Å². The predicted octanol–water partition coefficient (Wildman–Crippen LogP) is 6.93. The zero-order chi connectivity index (χ0) is 26.2. The third-order valence-corrected chi connectivity index (χ3v) is 7.65. The molecule has 2 heterocycles. The van der Waals surface area contributed by atoms with Crippen LogP contribution in [0.3, 0.4) is 0 Å². The van der Waals surface area contributed by atoms with Crippen molar-refractivity contribution >= 4 is 5.91 Å². The molecule has 2 aliphatic rings. The van der Waals surface area contributed by atoms with Crippen LogP contribution in [-0.4, -0.2) is 43.2 Å². The number of hydrogen-bond acceptors (Lipinski definition) is 4. The fourth-order valence-corrected chi connectivity index (χ4v) is 5.45. The second kappa shape index (κ2) is 12.9. The number of aryl methyl sites for hydroxylation is 1. The highest BCUT2D eigenvalue weighted by atomic mass is 16.5. The van der Waals surface area contributed by atoms with Gasteiger partial charge in [0, 0.05) is 25.1 Å². The normalized spacial score (nSPS) is 16.5. The van der Waals surface area contributed by atoms with Gasteiger partial charge in [0.2, 0.25) is 0 Å². The molecule has 3 aromatic rings. The zero-order valence-electron chi connectivity index (χ0n) is 22.4. The molecule has 0 saturated carbocycles. The smallest absolute Gasteiger partial charge is 0.263 e. The second-order valence-corrected chi connectivity index (χ2v) is 10.4. The average molecular weight is 514 g/mol. The molecule has 2 aliphatic heterocycles. The van der Waals surface area contributed by atoms with E-state index in [0.717, 1.165) is 80.0 Å². The summed E-state index contributed by atoms with van der Waals surface area (Å²) >= 11 is 0. The third-order valence-electron chi connectivity index (χ3n) is 7.65. The van der Waals surface area contributed by atoms with Gasteiger partial charge in [-0.3, -0.25) is 4.79 Å². The molecule has 200 valence electrons. The van der Waals surface area contributed by atoms with Crippen molar-refractivity contribution in [2.24, 2.45) is 5.92 Å². The van der Waals surface area contributed by atoms with Crippen molar-refractivity contribution in [1.29, 1.82) is 0 Å². The summed E-state index contributed by atoms with van der Waals surface area (Å²) in [6.45, 7) is 5.14. The van der Waals surface area contributed by atoms with Gasteiger partial charge in [-0.1, -0.05) is 67.9 Å². The van der Waals surface area contributed by atoms with Gasteiger partial charge in [0.25, 0.3) is 5.91 Å². The van der Waals surface area contributed by atoms with Crippen molar-refractivity contribution in [3.63, 3.8) is 0 Å². The summed E-state index contributed by atoms with van der Waals surface area (Å²) in [4.78, 5) is 15.6. The number of rotatable bonds is 9. The molecule has 1 saturated heterocycles. The number of benzene rings is 3. The number of carbonyl (C=O) groups is 1. The summed E-state index contributed by atoms with van der Waals surface area (Å²) < 4.78 is 18.0. The first kappa shape index (κ1) is 26.1. The first-order valence-corrected chi connectivity index (χ1v) is 14.2. The predicted molar refractivity (Wildman–Crippen MR) is 151 cm³/mol. The van der Waals surface area contributed by atoms with Crippen LogP contribution in [0.2, 0.25) is 0 Å². The van der Waals surface area contributed by atoms with E-state index in [1.54, 1.807) is 0 Å². The number of carbonyl (C=O) groups excluding carboxylic acids is 1. The van der Waals surface area contributed by atoms with E-state index in [1.165, 1.54) is 5.56 Å². The first-order valence-electron chi connectivity index (χ1n) is 14.2. The minimum Gasteiger partial charge on any atom is -0.490 e. The maximum absolute atomic E-state index is 13.6. The quantitative estimate of drug-likeness (QED) is 0.311. The molecular formula is C33H39NO4. The highest BCUT2D eigenvalue weighted by molar-refractivity contribution is 5.82. The van der Waals surface area contributed by atoms with Crippen LogP contribution in [-0.2, 0) is 11.2 Å². The Balaban J connectivity index is 1.16. The molecule has 0 N–H and O–H groups in total. The fourth-order valence-electron chi connectivity index (χ4n) is 5.45. The summed E-state index contributed by atoms with van der Waals surface area (Å²) in [6, 6.07) is 24.6. The summed E-state index contributed by atoms with van der Waals surface area (Å²) in [7, 11) is 0. The van der Waals surface area contributed by atoms with Crippen molar-refractivity contribution in [2.75, 3.05) is 26.3 Å². The van der Waals surface area contributed by atoms with Gasteiger partial charge in [-0.15, -0.1) is 0 Å². The molecule has 0 radical (unpaired) electrons. The highest BCUT2D eigenvalue weighted by Gasteiger charge is 2.29. The lowest BCUT2D eigenvalue weighted by Gasteiger charge is -2.34. The number of nitrogens with zero attached hydrogens (tertiary/aromatic N) is 1. The Labute approximate surface area is 226 Å². The van der Waals surface area contributed by atoms with E-state index in [1.807, 2.05) is 47.4 Å². The highest BCUT2D eigenvalue weighted by Crippen LogP contribution is 2.33. The van der Waals surface area contributed by atoms with Gasteiger partial charge in [0.05, 0.1) is 13.2 Å². The lowest BCUT2D eigenvalue weighted by Crippen LogP contribution is -2.46. The summed E-state index contributed by atoms with van der Waals surface area (Å²) in [5.41, 5.74) is 3.41. The van der Waals surface area contributed by atoms with Gasteiger partial charge in [-0.05, 0) is 67.3 Å². The monoisotopic (exact) mass is 513 g/mol. The minimum absolute atomic E-state index is 0.121. The Morgan fingerprint density at radius 1 is 0.947 bits per heavy atom. The Hall–Kier alpha value is -3.47. The van der Waals surface area contributed by atoms with Crippen LogP contribution in [0.5, 0.6) is 17.2 Å². The van der Waals surface area contributed by atoms with E-state index in [-0.39, 0.29) is 5.91 Å². The largest absolute Gasteiger partial charge is 0.490 e. The molecule has 1 amide bonds. The fraction of sp³-hybridized carbons (Fsp3) is 0.424. The minimum atomic E-state index is -0.455. The van der Waals surface area contributed by atoms with Gasteiger partial charge >= 0.3 is 0 Å². The molecule has 0 aromatic heterocycles. The van der Waals surface area contributed by atoms with E-state index in [9.17, 15) is 4.79 Å². The lowest BCUT2D eigenvalue weighted by atomic mass is 9.90. The Bertz CT molecular complexity index is 1190. The van der Waals surface area contributed by atoms with Crippen molar-refractivity contribution in [1.82, 2.24) is 4.90 Å². The van der Waals surface area contributed by atoms with Crippen LogP contribution in [0.1, 0.15) is 51.0 Å². The van der Waals surface area contributed by atoms with Crippen LogP contribution < -0.4 is 14.2 Å². The summed E-state index contributed by atoms with van der Waals surface area (Å²) in [5, 5.41) is 0. The molecule has 1 fully saturated rings. The third kappa shape index (κ3) is 6.50. The number of para-hydroxylation sites is 1. The van der Waals surface area contributed by atoms with Crippen LogP contribution in [0, 0.1) is 5.92 Å². The van der Waals surface area contributed by atoms with Crippen LogP contribution in [0.15, 0.2) is 72.8 Å². The van der Waals surface area contributed by atoms with E-state index in [2.05, 4.69) is 37.3 Å². The van der Waals surface area contributed by atoms with Crippen molar-refractivity contribution < 1.29 is 19.0 Å². The topological polar surface area (TPSA) is 48.0 Å². The number of piperidine rings is 1. The number of fused-ring (bicyclic) bond motifs is 1. The number of amides is 1. The van der Waals surface area contributed by atoms with E-state index < -0.39 is 6.10 Å².